The van der Waals surface area contributed by atoms with Crippen LogP contribution < -0.4 is 10.6 Å². The fourth-order valence-electron chi connectivity index (χ4n) is 3.53. The quantitative estimate of drug-likeness (QED) is 0.677. The van der Waals surface area contributed by atoms with Crippen LogP contribution in [-0.4, -0.2) is 42.9 Å². The van der Waals surface area contributed by atoms with Crippen molar-refractivity contribution in [1.82, 2.24) is 15.5 Å². The third-order valence-electron chi connectivity index (χ3n) is 5.05. The van der Waals surface area contributed by atoms with Crippen LogP contribution in [0.3, 0.4) is 0 Å². The summed E-state index contributed by atoms with van der Waals surface area (Å²) in [7, 11) is 0. The van der Waals surface area contributed by atoms with Gasteiger partial charge in [-0.05, 0) is 55.8 Å². The molecule has 0 saturated carbocycles. The number of benzene rings is 2. The molecule has 1 atom stereocenters. The zero-order valence-electron chi connectivity index (χ0n) is 16.4. The number of hydrogen-bond acceptors (Lipinski definition) is 3. The van der Waals surface area contributed by atoms with Crippen molar-refractivity contribution in [2.24, 2.45) is 0 Å². The molecule has 3 rings (SSSR count). The molecule has 2 aromatic carbocycles. The van der Waals surface area contributed by atoms with Crippen LogP contribution in [0.4, 0.5) is 13.2 Å². The van der Waals surface area contributed by atoms with Gasteiger partial charge in [-0.3, -0.25) is 14.5 Å². The molecule has 1 aliphatic heterocycles. The number of nitrogens with zero attached hydrogens (tertiary/aromatic N) is 1. The van der Waals surface area contributed by atoms with E-state index in [1.807, 2.05) is 30.3 Å². The molecule has 0 aliphatic carbocycles. The van der Waals surface area contributed by atoms with Crippen molar-refractivity contribution >= 4 is 11.8 Å². The number of hydrogen-bond donors (Lipinski definition) is 2. The lowest BCUT2D eigenvalue weighted by Crippen LogP contribution is -2.42. The number of halogens is 3. The summed E-state index contributed by atoms with van der Waals surface area (Å²) >= 11 is 0. The molecule has 1 aliphatic rings. The van der Waals surface area contributed by atoms with Crippen molar-refractivity contribution in [1.29, 1.82) is 0 Å². The van der Waals surface area contributed by atoms with Crippen molar-refractivity contribution < 1.29 is 22.8 Å². The number of carbonyl (C=O) groups excluding carboxylic acids is 2. The topological polar surface area (TPSA) is 61.4 Å². The van der Waals surface area contributed by atoms with Crippen molar-refractivity contribution in [3.8, 4) is 0 Å². The fraction of sp³-hybridized carbons (Fsp3) is 0.364. The highest BCUT2D eigenvalue weighted by Gasteiger charge is 2.30. The number of nitrogens with one attached hydrogen (secondary N) is 2. The second-order valence-electron chi connectivity index (χ2n) is 7.18. The van der Waals surface area contributed by atoms with Crippen LogP contribution in [-0.2, 0) is 11.0 Å². The maximum atomic E-state index is 12.8. The number of carbonyl (C=O) groups is 2. The van der Waals surface area contributed by atoms with E-state index in [9.17, 15) is 22.8 Å². The van der Waals surface area contributed by atoms with Crippen LogP contribution in [0.15, 0.2) is 54.6 Å². The van der Waals surface area contributed by atoms with Gasteiger partial charge in [0.25, 0.3) is 5.91 Å². The Balaban J connectivity index is 1.51. The SMILES string of the molecule is O=C(NCCNC(=O)C(c1ccccc1)N1CCCC1)c1ccc(C(F)(F)F)cc1. The van der Waals surface area contributed by atoms with E-state index in [1.54, 1.807) is 0 Å². The van der Waals surface area contributed by atoms with Crippen LogP contribution in [0, 0.1) is 0 Å². The lowest BCUT2D eigenvalue weighted by Gasteiger charge is -2.27. The summed E-state index contributed by atoms with van der Waals surface area (Å²) in [6.07, 6.45) is -2.33. The van der Waals surface area contributed by atoms with Gasteiger partial charge >= 0.3 is 6.18 Å². The molecule has 160 valence electrons. The van der Waals surface area contributed by atoms with Gasteiger partial charge in [0.15, 0.2) is 0 Å². The van der Waals surface area contributed by atoms with E-state index in [0.717, 1.165) is 55.8 Å². The zero-order valence-corrected chi connectivity index (χ0v) is 16.4. The highest BCUT2D eigenvalue weighted by Crippen LogP contribution is 2.29. The van der Waals surface area contributed by atoms with Gasteiger partial charge in [0.1, 0.15) is 6.04 Å². The molecule has 0 bridgehead atoms. The van der Waals surface area contributed by atoms with Gasteiger partial charge in [-0.2, -0.15) is 13.2 Å². The molecule has 8 heteroatoms. The van der Waals surface area contributed by atoms with Crippen molar-refractivity contribution in [2.45, 2.75) is 25.1 Å². The Morgan fingerprint density at radius 3 is 2.10 bits per heavy atom. The largest absolute Gasteiger partial charge is 0.416 e. The van der Waals surface area contributed by atoms with E-state index >= 15 is 0 Å². The molecule has 0 spiro atoms. The molecule has 1 saturated heterocycles. The fourth-order valence-corrected chi connectivity index (χ4v) is 3.53. The second kappa shape index (κ2) is 9.75. The Labute approximate surface area is 173 Å². The maximum absolute atomic E-state index is 12.8. The average Bonchev–Trinajstić information content (AvgIpc) is 3.26. The lowest BCUT2D eigenvalue weighted by molar-refractivity contribution is -0.137. The minimum Gasteiger partial charge on any atom is -0.353 e. The number of alkyl halides is 3. The molecular weight excluding hydrogens is 395 g/mol. The van der Waals surface area contributed by atoms with E-state index < -0.39 is 17.6 Å². The van der Waals surface area contributed by atoms with Gasteiger partial charge < -0.3 is 10.6 Å². The zero-order chi connectivity index (χ0) is 21.6. The van der Waals surface area contributed by atoms with Crippen molar-refractivity contribution in [3.05, 3.63) is 71.3 Å². The third kappa shape index (κ3) is 5.60. The minimum absolute atomic E-state index is 0.133. The molecule has 0 radical (unpaired) electrons. The number of amides is 2. The maximum Gasteiger partial charge on any atom is 0.416 e. The average molecular weight is 419 g/mol. The van der Waals surface area contributed by atoms with Gasteiger partial charge in [-0.25, -0.2) is 0 Å². The minimum atomic E-state index is -4.44. The van der Waals surface area contributed by atoms with E-state index in [-0.39, 0.29) is 30.6 Å². The third-order valence-corrected chi connectivity index (χ3v) is 5.05. The standard InChI is InChI=1S/C22H24F3N3O2/c23-22(24,25)18-10-8-17(9-11-18)20(29)26-12-13-27-21(30)19(28-14-4-5-15-28)16-6-2-1-3-7-16/h1-3,6-11,19H,4-5,12-15H2,(H,26,29)(H,27,30). The summed E-state index contributed by atoms with van der Waals surface area (Å²) in [6, 6.07) is 13.2. The highest BCUT2D eigenvalue weighted by atomic mass is 19.4. The van der Waals surface area contributed by atoms with Crippen molar-refractivity contribution in [2.75, 3.05) is 26.2 Å². The first-order valence-electron chi connectivity index (χ1n) is 9.88. The monoisotopic (exact) mass is 419 g/mol. The predicted molar refractivity (Wildman–Crippen MR) is 107 cm³/mol. The van der Waals surface area contributed by atoms with Crippen LogP contribution in [0.25, 0.3) is 0 Å². The predicted octanol–water partition coefficient (Wildman–Crippen LogP) is 3.39. The van der Waals surface area contributed by atoms with Gasteiger partial charge in [0.2, 0.25) is 5.91 Å². The molecule has 1 unspecified atom stereocenters. The van der Waals surface area contributed by atoms with E-state index in [1.165, 1.54) is 0 Å². The van der Waals surface area contributed by atoms with Crippen LogP contribution in [0.2, 0.25) is 0 Å². The second-order valence-corrected chi connectivity index (χ2v) is 7.18. The van der Waals surface area contributed by atoms with E-state index in [4.69, 9.17) is 0 Å². The Morgan fingerprint density at radius 1 is 0.900 bits per heavy atom. The first-order valence-corrected chi connectivity index (χ1v) is 9.88. The van der Waals surface area contributed by atoms with Gasteiger partial charge in [-0.1, -0.05) is 30.3 Å². The molecule has 2 N–H and O–H groups in total. The summed E-state index contributed by atoms with van der Waals surface area (Å²) in [5.74, 6) is -0.621. The summed E-state index contributed by atoms with van der Waals surface area (Å²) in [5, 5.41) is 5.46. The van der Waals surface area contributed by atoms with E-state index in [2.05, 4.69) is 15.5 Å². The summed E-state index contributed by atoms with van der Waals surface area (Å²) in [4.78, 5) is 27.1. The van der Waals surface area contributed by atoms with Crippen molar-refractivity contribution in [3.63, 3.8) is 0 Å². The van der Waals surface area contributed by atoms with Gasteiger partial charge in [0, 0.05) is 18.7 Å². The molecule has 5 nitrogen and oxygen atoms in total. The normalized spacial score (nSPS) is 15.6. The molecule has 2 aromatic rings. The Hall–Kier alpha value is -2.87. The summed E-state index contributed by atoms with van der Waals surface area (Å²) < 4.78 is 37.8. The Bertz CT molecular complexity index is 848. The van der Waals surface area contributed by atoms with Gasteiger partial charge in [0.05, 0.1) is 5.56 Å². The number of likely N-dealkylation sites (tertiary alicyclic amines) is 1. The Morgan fingerprint density at radius 2 is 1.50 bits per heavy atom. The molecule has 1 fully saturated rings. The molecular formula is C22H24F3N3O2. The van der Waals surface area contributed by atoms with Crippen LogP contribution >= 0.6 is 0 Å². The smallest absolute Gasteiger partial charge is 0.353 e. The summed E-state index contributed by atoms with van der Waals surface area (Å²) in [5.41, 5.74) is 0.249. The molecule has 2 amide bonds. The first-order chi connectivity index (χ1) is 14.4. The van der Waals surface area contributed by atoms with Gasteiger partial charge in [-0.15, -0.1) is 0 Å². The first kappa shape index (κ1) is 21.8. The lowest BCUT2D eigenvalue weighted by atomic mass is 10.0. The molecule has 0 aromatic heterocycles. The Kier molecular flexibility index (Phi) is 7.10. The molecule has 30 heavy (non-hydrogen) atoms. The molecule has 1 heterocycles. The van der Waals surface area contributed by atoms with E-state index in [0.29, 0.717) is 0 Å². The summed E-state index contributed by atoms with van der Waals surface area (Å²) in [6.45, 7) is 2.12. The highest BCUT2D eigenvalue weighted by molar-refractivity contribution is 5.94. The number of rotatable bonds is 7. The van der Waals surface area contributed by atoms with Crippen LogP contribution in [0.1, 0.15) is 40.4 Å². The van der Waals surface area contributed by atoms with Crippen LogP contribution in [0.5, 0.6) is 0 Å².